The predicted octanol–water partition coefficient (Wildman–Crippen LogP) is 7.95. The zero-order valence-corrected chi connectivity index (χ0v) is 18.7. The number of rotatable bonds is 12. The lowest BCUT2D eigenvalue weighted by Gasteiger charge is -2.14. The molecule has 0 radical (unpaired) electrons. The highest BCUT2D eigenvalue weighted by Crippen LogP contribution is 2.16. The molecule has 0 fully saturated rings. The van der Waals surface area contributed by atoms with Gasteiger partial charge in [-0.1, -0.05) is 76.3 Å². The van der Waals surface area contributed by atoms with E-state index in [9.17, 15) is 0 Å². The predicted molar refractivity (Wildman–Crippen MR) is 126 cm³/mol. The highest BCUT2D eigenvalue weighted by atomic mass is 16.5. The van der Waals surface area contributed by atoms with Crippen molar-refractivity contribution >= 4 is 0 Å². The van der Waals surface area contributed by atoms with Crippen LogP contribution in [0.3, 0.4) is 0 Å². The van der Waals surface area contributed by atoms with Gasteiger partial charge in [0, 0.05) is 11.1 Å². The molecule has 0 saturated heterocycles. The molecule has 0 amide bonds. The summed E-state index contributed by atoms with van der Waals surface area (Å²) in [6, 6.07) is 16.9. The van der Waals surface area contributed by atoms with E-state index in [-0.39, 0.29) is 6.10 Å². The fourth-order valence-electron chi connectivity index (χ4n) is 3.42. The Labute approximate surface area is 178 Å². The molecule has 1 unspecified atom stereocenters. The third-order valence-corrected chi connectivity index (χ3v) is 5.28. The molecule has 0 heterocycles. The second-order valence-electron chi connectivity index (χ2n) is 8.06. The minimum absolute atomic E-state index is 0.268. The number of ether oxygens (including phenoxy) is 1. The Morgan fingerprint density at radius 3 is 1.83 bits per heavy atom. The van der Waals surface area contributed by atoms with Crippen molar-refractivity contribution in [2.24, 2.45) is 0 Å². The number of hydrogen-bond acceptors (Lipinski definition) is 1. The van der Waals surface area contributed by atoms with Crippen molar-refractivity contribution in [2.75, 3.05) is 0 Å². The summed E-state index contributed by atoms with van der Waals surface area (Å²) >= 11 is 0. The van der Waals surface area contributed by atoms with Crippen molar-refractivity contribution in [3.63, 3.8) is 0 Å². The topological polar surface area (TPSA) is 9.23 Å². The third kappa shape index (κ3) is 9.71. The van der Waals surface area contributed by atoms with Gasteiger partial charge in [-0.15, -0.1) is 0 Å². The summed E-state index contributed by atoms with van der Waals surface area (Å²) in [5.41, 5.74) is 3.51. The smallest absolute Gasteiger partial charge is 0.119 e. The van der Waals surface area contributed by atoms with Gasteiger partial charge in [0.05, 0.1) is 6.10 Å². The van der Waals surface area contributed by atoms with Crippen LogP contribution < -0.4 is 4.74 Å². The van der Waals surface area contributed by atoms with E-state index < -0.39 is 0 Å². The van der Waals surface area contributed by atoms with Gasteiger partial charge in [-0.05, 0) is 74.6 Å². The van der Waals surface area contributed by atoms with E-state index in [1.807, 2.05) is 24.3 Å². The maximum absolute atomic E-state index is 6.02. The normalized spacial score (nSPS) is 11.6. The van der Waals surface area contributed by atoms with E-state index in [1.165, 1.54) is 63.4 Å². The van der Waals surface area contributed by atoms with Crippen LogP contribution in [0.25, 0.3) is 0 Å². The molecular formula is C28H38O. The number of hydrogen-bond donors (Lipinski definition) is 0. The quantitative estimate of drug-likeness (QED) is 0.264. The Hall–Kier alpha value is -2.20. The lowest BCUT2D eigenvalue weighted by atomic mass is 10.0. The molecule has 0 bridgehead atoms. The van der Waals surface area contributed by atoms with Crippen LogP contribution in [0.2, 0.25) is 0 Å². The first kappa shape index (κ1) is 23.1. The number of unbranched alkanes of at least 4 members (excludes halogenated alkanes) is 6. The summed E-state index contributed by atoms with van der Waals surface area (Å²) < 4.78 is 6.02. The maximum atomic E-state index is 6.02. The fraction of sp³-hybridized carbons (Fsp3) is 0.500. The van der Waals surface area contributed by atoms with Crippen molar-refractivity contribution in [3.05, 3.63) is 65.2 Å². The van der Waals surface area contributed by atoms with E-state index in [1.54, 1.807) is 0 Å². The minimum atomic E-state index is 0.268. The SMILES string of the molecule is CCCCCCc1ccc(C#Cc2ccc(OC(C)CCCCCC)cc2)cc1. The number of aryl methyl sites for hydroxylation is 1. The first-order chi connectivity index (χ1) is 14.2. The standard InChI is InChI=1S/C28H38O/c1-4-6-8-10-12-24(3)29-28-22-20-27(21-23-28)19-18-26-16-14-25(15-17-26)13-11-9-7-5-2/h14-17,20-24H,4-13H2,1-3H3. The van der Waals surface area contributed by atoms with Crippen LogP contribution in [0.5, 0.6) is 5.75 Å². The van der Waals surface area contributed by atoms with Gasteiger partial charge in [-0.2, -0.15) is 0 Å². The summed E-state index contributed by atoms with van der Waals surface area (Å²) in [6.45, 7) is 6.66. The van der Waals surface area contributed by atoms with Crippen LogP contribution in [0.15, 0.2) is 48.5 Å². The first-order valence-electron chi connectivity index (χ1n) is 11.6. The second kappa shape index (κ2) is 13.9. The lowest BCUT2D eigenvalue weighted by Crippen LogP contribution is -2.11. The summed E-state index contributed by atoms with van der Waals surface area (Å²) in [5.74, 6) is 7.47. The molecule has 2 aromatic carbocycles. The van der Waals surface area contributed by atoms with E-state index >= 15 is 0 Å². The van der Waals surface area contributed by atoms with Crippen molar-refractivity contribution in [2.45, 2.75) is 91.1 Å². The van der Waals surface area contributed by atoms with E-state index in [2.05, 4.69) is 56.9 Å². The van der Waals surface area contributed by atoms with Crippen molar-refractivity contribution < 1.29 is 4.74 Å². The highest BCUT2D eigenvalue weighted by Gasteiger charge is 2.03. The van der Waals surface area contributed by atoms with Crippen LogP contribution in [-0.2, 0) is 6.42 Å². The molecule has 29 heavy (non-hydrogen) atoms. The molecule has 2 aromatic rings. The van der Waals surface area contributed by atoms with E-state index in [0.29, 0.717) is 0 Å². The van der Waals surface area contributed by atoms with Gasteiger partial charge in [0.1, 0.15) is 5.75 Å². The van der Waals surface area contributed by atoms with Crippen LogP contribution in [0.1, 0.15) is 95.2 Å². The van der Waals surface area contributed by atoms with Gasteiger partial charge in [0.2, 0.25) is 0 Å². The molecule has 0 aliphatic heterocycles. The molecule has 156 valence electrons. The summed E-state index contributed by atoms with van der Waals surface area (Å²) in [4.78, 5) is 0. The largest absolute Gasteiger partial charge is 0.491 e. The second-order valence-corrected chi connectivity index (χ2v) is 8.06. The van der Waals surface area contributed by atoms with E-state index in [4.69, 9.17) is 4.74 Å². The van der Waals surface area contributed by atoms with Crippen molar-refractivity contribution in [1.82, 2.24) is 0 Å². The Balaban J connectivity index is 1.80. The third-order valence-electron chi connectivity index (χ3n) is 5.28. The molecule has 0 aliphatic carbocycles. The Morgan fingerprint density at radius 1 is 0.690 bits per heavy atom. The Morgan fingerprint density at radius 2 is 1.24 bits per heavy atom. The van der Waals surface area contributed by atoms with E-state index in [0.717, 1.165) is 23.3 Å². The van der Waals surface area contributed by atoms with Gasteiger partial charge >= 0.3 is 0 Å². The summed E-state index contributed by atoms with van der Waals surface area (Å²) in [5, 5.41) is 0. The maximum Gasteiger partial charge on any atom is 0.119 e. The molecule has 0 saturated carbocycles. The highest BCUT2D eigenvalue weighted by molar-refractivity contribution is 5.44. The monoisotopic (exact) mass is 390 g/mol. The van der Waals surface area contributed by atoms with Gasteiger partial charge in [-0.25, -0.2) is 0 Å². The molecule has 0 aromatic heterocycles. The molecular weight excluding hydrogens is 352 g/mol. The average molecular weight is 391 g/mol. The van der Waals surface area contributed by atoms with Gasteiger partial charge in [0.25, 0.3) is 0 Å². The molecule has 1 nitrogen and oxygen atoms in total. The Bertz CT molecular complexity index is 731. The molecule has 1 heteroatoms. The molecule has 0 N–H and O–H groups in total. The van der Waals surface area contributed by atoms with Crippen LogP contribution in [0, 0.1) is 11.8 Å². The Kier molecular flexibility index (Phi) is 11.1. The molecule has 1 atom stereocenters. The van der Waals surface area contributed by atoms with Gasteiger partial charge < -0.3 is 4.74 Å². The molecule has 2 rings (SSSR count). The van der Waals surface area contributed by atoms with Crippen molar-refractivity contribution in [1.29, 1.82) is 0 Å². The molecule has 0 aliphatic rings. The van der Waals surface area contributed by atoms with Gasteiger partial charge in [-0.3, -0.25) is 0 Å². The first-order valence-corrected chi connectivity index (χ1v) is 11.6. The van der Waals surface area contributed by atoms with Crippen molar-refractivity contribution in [3.8, 4) is 17.6 Å². The van der Waals surface area contributed by atoms with Crippen LogP contribution in [0.4, 0.5) is 0 Å². The average Bonchev–Trinajstić information content (AvgIpc) is 2.75. The molecule has 0 spiro atoms. The number of benzene rings is 2. The minimum Gasteiger partial charge on any atom is -0.491 e. The fourth-order valence-corrected chi connectivity index (χ4v) is 3.42. The van der Waals surface area contributed by atoms with Gasteiger partial charge in [0.15, 0.2) is 0 Å². The van der Waals surface area contributed by atoms with Crippen LogP contribution >= 0.6 is 0 Å². The van der Waals surface area contributed by atoms with Crippen LogP contribution in [-0.4, -0.2) is 6.10 Å². The lowest BCUT2D eigenvalue weighted by molar-refractivity contribution is 0.206. The zero-order chi connectivity index (χ0) is 20.7. The zero-order valence-electron chi connectivity index (χ0n) is 18.7. The summed E-state index contributed by atoms with van der Waals surface area (Å²) in [6.07, 6.45) is 13.0. The summed E-state index contributed by atoms with van der Waals surface area (Å²) in [7, 11) is 0.